The fourth-order valence-electron chi connectivity index (χ4n) is 2.10. The first kappa shape index (κ1) is 13.5. The number of aromatic nitrogens is 4. The van der Waals surface area contributed by atoms with Crippen molar-refractivity contribution in [2.45, 2.75) is 25.8 Å². The molecule has 0 aliphatic carbocycles. The van der Waals surface area contributed by atoms with Crippen LogP contribution < -0.4 is 5.73 Å². The maximum absolute atomic E-state index is 5.99. The first-order valence-corrected chi connectivity index (χ1v) is 6.97. The normalized spacial score (nSPS) is 12.5. The second-order valence-electron chi connectivity index (χ2n) is 4.86. The quantitative estimate of drug-likeness (QED) is 0.778. The van der Waals surface area contributed by atoms with Crippen molar-refractivity contribution in [1.82, 2.24) is 19.9 Å². The molecule has 1 atom stereocenters. The smallest absolute Gasteiger partial charge is 0.261 e. The number of para-hydroxylation sites is 1. The van der Waals surface area contributed by atoms with Crippen molar-refractivity contribution in [2.75, 3.05) is 0 Å². The SMILES string of the molecule is CCCC(N)c1noc(-c2cnn(-c3ccccc3)c2)n1. The Morgan fingerprint density at radius 2 is 2.10 bits per heavy atom. The number of nitrogens with zero attached hydrogens (tertiary/aromatic N) is 4. The van der Waals surface area contributed by atoms with Crippen LogP contribution in [0.3, 0.4) is 0 Å². The average molecular weight is 283 g/mol. The van der Waals surface area contributed by atoms with E-state index in [9.17, 15) is 0 Å². The second-order valence-corrected chi connectivity index (χ2v) is 4.86. The zero-order valence-corrected chi connectivity index (χ0v) is 11.8. The van der Waals surface area contributed by atoms with E-state index < -0.39 is 0 Å². The molecule has 1 aromatic carbocycles. The van der Waals surface area contributed by atoms with Crippen LogP contribution in [0, 0.1) is 0 Å². The van der Waals surface area contributed by atoms with E-state index >= 15 is 0 Å². The Kier molecular flexibility index (Phi) is 3.79. The second kappa shape index (κ2) is 5.88. The van der Waals surface area contributed by atoms with Crippen molar-refractivity contribution >= 4 is 0 Å². The van der Waals surface area contributed by atoms with E-state index in [-0.39, 0.29) is 6.04 Å². The number of rotatable bonds is 5. The summed E-state index contributed by atoms with van der Waals surface area (Å²) in [6.07, 6.45) is 5.38. The lowest BCUT2D eigenvalue weighted by Crippen LogP contribution is -2.11. The van der Waals surface area contributed by atoms with Gasteiger partial charge >= 0.3 is 0 Å². The van der Waals surface area contributed by atoms with E-state index in [1.54, 1.807) is 10.9 Å². The van der Waals surface area contributed by atoms with Gasteiger partial charge in [0.1, 0.15) is 0 Å². The lowest BCUT2D eigenvalue weighted by atomic mass is 10.2. The van der Waals surface area contributed by atoms with Crippen LogP contribution in [0.2, 0.25) is 0 Å². The predicted octanol–water partition coefficient (Wildman–Crippen LogP) is 2.72. The molecule has 0 spiro atoms. The molecule has 6 nitrogen and oxygen atoms in total. The van der Waals surface area contributed by atoms with E-state index in [0.29, 0.717) is 11.7 Å². The highest BCUT2D eigenvalue weighted by atomic mass is 16.5. The first-order valence-electron chi connectivity index (χ1n) is 6.97. The number of benzene rings is 1. The summed E-state index contributed by atoms with van der Waals surface area (Å²) in [4.78, 5) is 4.35. The molecule has 2 heterocycles. The Balaban J connectivity index is 1.84. The van der Waals surface area contributed by atoms with Crippen LogP contribution in [0.5, 0.6) is 0 Å². The minimum atomic E-state index is -0.184. The number of hydrogen-bond acceptors (Lipinski definition) is 5. The number of nitrogens with two attached hydrogens (primary N) is 1. The van der Waals surface area contributed by atoms with Gasteiger partial charge in [0.2, 0.25) is 0 Å². The minimum Gasteiger partial charge on any atom is -0.334 e. The highest BCUT2D eigenvalue weighted by Gasteiger charge is 2.15. The van der Waals surface area contributed by atoms with Gasteiger partial charge in [0.15, 0.2) is 5.82 Å². The summed E-state index contributed by atoms with van der Waals surface area (Å²) in [5.41, 5.74) is 7.74. The van der Waals surface area contributed by atoms with E-state index in [0.717, 1.165) is 24.1 Å². The van der Waals surface area contributed by atoms with Crippen LogP contribution in [0.25, 0.3) is 17.1 Å². The molecule has 108 valence electrons. The van der Waals surface area contributed by atoms with Crippen LogP contribution in [-0.2, 0) is 0 Å². The Hall–Kier alpha value is -2.47. The molecule has 0 fully saturated rings. The third-order valence-corrected chi connectivity index (χ3v) is 3.22. The van der Waals surface area contributed by atoms with E-state index in [4.69, 9.17) is 10.3 Å². The maximum Gasteiger partial charge on any atom is 0.261 e. The molecule has 0 amide bonds. The summed E-state index contributed by atoms with van der Waals surface area (Å²) < 4.78 is 7.04. The summed E-state index contributed by atoms with van der Waals surface area (Å²) in [6.45, 7) is 2.07. The lowest BCUT2D eigenvalue weighted by Gasteiger charge is -2.02. The Morgan fingerprint density at radius 3 is 2.86 bits per heavy atom. The molecule has 3 rings (SSSR count). The van der Waals surface area contributed by atoms with Crippen LogP contribution in [0.4, 0.5) is 0 Å². The highest BCUT2D eigenvalue weighted by Crippen LogP contribution is 2.20. The van der Waals surface area contributed by atoms with Crippen molar-refractivity contribution < 1.29 is 4.52 Å². The molecule has 0 aliphatic heterocycles. The summed E-state index contributed by atoms with van der Waals surface area (Å²) in [6, 6.07) is 9.67. The summed E-state index contributed by atoms with van der Waals surface area (Å²) in [5, 5.41) is 8.26. The molecule has 3 aromatic rings. The number of hydrogen-bond donors (Lipinski definition) is 1. The zero-order chi connectivity index (χ0) is 14.7. The van der Waals surface area contributed by atoms with Crippen LogP contribution in [0.1, 0.15) is 31.6 Å². The summed E-state index contributed by atoms with van der Waals surface area (Å²) >= 11 is 0. The van der Waals surface area contributed by atoms with E-state index in [1.807, 2.05) is 36.5 Å². The molecule has 0 saturated heterocycles. The summed E-state index contributed by atoms with van der Waals surface area (Å²) in [7, 11) is 0. The van der Waals surface area contributed by atoms with Crippen molar-refractivity contribution in [2.24, 2.45) is 5.73 Å². The van der Waals surface area contributed by atoms with Crippen LogP contribution in [0.15, 0.2) is 47.2 Å². The predicted molar refractivity (Wildman–Crippen MR) is 78.7 cm³/mol. The van der Waals surface area contributed by atoms with Crippen molar-refractivity contribution in [3.8, 4) is 17.1 Å². The van der Waals surface area contributed by atoms with Gasteiger partial charge in [-0.15, -0.1) is 0 Å². The standard InChI is InChI=1S/C15H17N5O/c1-2-6-13(16)14-18-15(21-19-14)11-9-17-20(10-11)12-7-4-3-5-8-12/h3-5,7-10,13H,2,6,16H2,1H3. The molecule has 0 radical (unpaired) electrons. The van der Waals surface area contributed by atoms with Crippen LogP contribution >= 0.6 is 0 Å². The third-order valence-electron chi connectivity index (χ3n) is 3.22. The Bertz CT molecular complexity index is 704. The van der Waals surface area contributed by atoms with Gasteiger partial charge in [0.25, 0.3) is 5.89 Å². The maximum atomic E-state index is 5.99. The van der Waals surface area contributed by atoms with E-state index in [1.165, 1.54) is 0 Å². The fraction of sp³-hybridized carbons (Fsp3) is 0.267. The topological polar surface area (TPSA) is 82.8 Å². The van der Waals surface area contributed by atoms with Gasteiger partial charge in [-0.25, -0.2) is 4.68 Å². The van der Waals surface area contributed by atoms with Gasteiger partial charge in [-0.1, -0.05) is 36.7 Å². The fourth-order valence-corrected chi connectivity index (χ4v) is 2.10. The molecule has 2 aromatic heterocycles. The molecule has 6 heteroatoms. The van der Waals surface area contributed by atoms with Gasteiger partial charge in [0.05, 0.1) is 23.5 Å². The van der Waals surface area contributed by atoms with Crippen LogP contribution in [-0.4, -0.2) is 19.9 Å². The van der Waals surface area contributed by atoms with E-state index in [2.05, 4.69) is 22.2 Å². The molecule has 0 bridgehead atoms. The molecule has 0 aliphatic rings. The molecular formula is C15H17N5O. The molecule has 1 unspecified atom stereocenters. The zero-order valence-electron chi connectivity index (χ0n) is 11.8. The van der Waals surface area contributed by atoms with Gasteiger partial charge in [-0.3, -0.25) is 0 Å². The molecule has 21 heavy (non-hydrogen) atoms. The average Bonchev–Trinajstić information content (AvgIpc) is 3.17. The highest BCUT2D eigenvalue weighted by molar-refractivity contribution is 5.51. The third kappa shape index (κ3) is 2.85. The van der Waals surface area contributed by atoms with Gasteiger partial charge < -0.3 is 10.3 Å². The largest absolute Gasteiger partial charge is 0.334 e. The Morgan fingerprint density at radius 1 is 1.29 bits per heavy atom. The van der Waals surface area contributed by atoms with Crippen molar-refractivity contribution in [3.05, 3.63) is 48.5 Å². The van der Waals surface area contributed by atoms with Gasteiger partial charge in [0, 0.05) is 6.20 Å². The molecular weight excluding hydrogens is 266 g/mol. The molecule has 2 N–H and O–H groups in total. The van der Waals surface area contributed by atoms with Crippen molar-refractivity contribution in [3.63, 3.8) is 0 Å². The molecule has 0 saturated carbocycles. The van der Waals surface area contributed by atoms with Gasteiger partial charge in [-0.2, -0.15) is 10.1 Å². The minimum absolute atomic E-state index is 0.184. The lowest BCUT2D eigenvalue weighted by molar-refractivity contribution is 0.413. The summed E-state index contributed by atoms with van der Waals surface area (Å²) in [5.74, 6) is 0.984. The first-order chi connectivity index (χ1) is 10.3. The van der Waals surface area contributed by atoms with Crippen molar-refractivity contribution in [1.29, 1.82) is 0 Å². The van der Waals surface area contributed by atoms with Gasteiger partial charge in [-0.05, 0) is 18.6 Å². The monoisotopic (exact) mass is 283 g/mol. The Labute approximate surface area is 122 Å².